The second-order valence-corrected chi connectivity index (χ2v) is 6.80. The lowest BCUT2D eigenvalue weighted by Crippen LogP contribution is -2.41. The van der Waals surface area contributed by atoms with Crippen LogP contribution in [-0.4, -0.2) is 36.3 Å². The first-order chi connectivity index (χ1) is 10.9. The van der Waals surface area contributed by atoms with Crippen molar-refractivity contribution in [2.24, 2.45) is 5.92 Å². The maximum atomic E-state index is 12.4. The summed E-state index contributed by atoms with van der Waals surface area (Å²) in [6, 6.07) is 6.05. The van der Waals surface area contributed by atoms with Gasteiger partial charge < -0.3 is 9.80 Å². The molecule has 1 aromatic rings. The number of hydrogen-bond acceptors (Lipinski definition) is 2. The van der Waals surface area contributed by atoms with Crippen molar-refractivity contribution in [1.82, 2.24) is 4.90 Å². The average molecular weight is 316 g/mol. The van der Waals surface area contributed by atoms with Crippen LogP contribution < -0.4 is 4.90 Å². The van der Waals surface area contributed by atoms with Crippen LogP contribution in [0.4, 0.5) is 5.69 Å². The molecule has 1 aliphatic rings. The van der Waals surface area contributed by atoms with E-state index in [0.29, 0.717) is 18.9 Å². The van der Waals surface area contributed by atoms with E-state index >= 15 is 0 Å². The van der Waals surface area contributed by atoms with Gasteiger partial charge in [-0.3, -0.25) is 9.59 Å². The Hall–Kier alpha value is -1.84. The fraction of sp³-hybridized carbons (Fsp3) is 0.579. The molecule has 2 rings (SSSR count). The molecule has 1 saturated heterocycles. The Morgan fingerprint density at radius 1 is 1.30 bits per heavy atom. The first-order valence-corrected chi connectivity index (χ1v) is 8.51. The van der Waals surface area contributed by atoms with Gasteiger partial charge >= 0.3 is 0 Å². The Morgan fingerprint density at radius 3 is 2.65 bits per heavy atom. The number of carbonyl (C=O) groups is 2. The zero-order valence-corrected chi connectivity index (χ0v) is 14.8. The number of anilines is 1. The molecule has 0 spiro atoms. The third-order valence-electron chi connectivity index (χ3n) is 4.58. The number of hydrogen-bond donors (Lipinski definition) is 0. The lowest BCUT2D eigenvalue weighted by molar-refractivity contribution is -0.132. The molecule has 0 aromatic heterocycles. The van der Waals surface area contributed by atoms with Crippen LogP contribution in [-0.2, 0) is 9.59 Å². The Kier molecular flexibility index (Phi) is 5.80. The van der Waals surface area contributed by atoms with Crippen molar-refractivity contribution >= 4 is 17.5 Å². The third-order valence-corrected chi connectivity index (χ3v) is 4.58. The Bertz CT molecular complexity index is 583. The second kappa shape index (κ2) is 7.62. The molecule has 1 aromatic carbocycles. The molecule has 1 heterocycles. The highest BCUT2D eigenvalue weighted by Crippen LogP contribution is 2.22. The zero-order valence-electron chi connectivity index (χ0n) is 14.8. The van der Waals surface area contributed by atoms with Crippen molar-refractivity contribution in [3.63, 3.8) is 0 Å². The minimum atomic E-state index is -0.0169. The van der Waals surface area contributed by atoms with Gasteiger partial charge in [-0.2, -0.15) is 0 Å². The monoisotopic (exact) mass is 316 g/mol. The van der Waals surface area contributed by atoms with Crippen molar-refractivity contribution in [3.05, 3.63) is 29.3 Å². The predicted octanol–water partition coefficient (Wildman–Crippen LogP) is 3.30. The highest BCUT2D eigenvalue weighted by atomic mass is 16.2. The van der Waals surface area contributed by atoms with Gasteiger partial charge in [-0.05, 0) is 44.2 Å². The minimum absolute atomic E-state index is 0.0169. The van der Waals surface area contributed by atoms with Crippen molar-refractivity contribution in [2.45, 2.75) is 47.0 Å². The van der Waals surface area contributed by atoms with Crippen molar-refractivity contribution in [1.29, 1.82) is 0 Å². The Morgan fingerprint density at radius 2 is 2.04 bits per heavy atom. The SMILES string of the molecule is CC(=O)N(CCC(=O)N1CCCC(C)C1)c1ccc(C)cc1C. The van der Waals surface area contributed by atoms with Gasteiger partial charge in [0.2, 0.25) is 11.8 Å². The number of aryl methyl sites for hydroxylation is 2. The molecule has 0 bridgehead atoms. The summed E-state index contributed by atoms with van der Waals surface area (Å²) in [5.41, 5.74) is 3.15. The molecule has 126 valence electrons. The predicted molar refractivity (Wildman–Crippen MR) is 93.5 cm³/mol. The molecule has 1 aliphatic heterocycles. The summed E-state index contributed by atoms with van der Waals surface area (Å²) in [5.74, 6) is 0.722. The lowest BCUT2D eigenvalue weighted by Gasteiger charge is -2.32. The van der Waals surface area contributed by atoms with E-state index < -0.39 is 0 Å². The van der Waals surface area contributed by atoms with Gasteiger partial charge in [-0.25, -0.2) is 0 Å². The smallest absolute Gasteiger partial charge is 0.224 e. The Labute approximate surface area is 139 Å². The lowest BCUT2D eigenvalue weighted by atomic mass is 10.00. The molecule has 1 atom stereocenters. The molecule has 0 aliphatic carbocycles. The van der Waals surface area contributed by atoms with Gasteiger partial charge in [0.1, 0.15) is 0 Å². The van der Waals surface area contributed by atoms with E-state index in [9.17, 15) is 9.59 Å². The van der Waals surface area contributed by atoms with Crippen LogP contribution in [0.2, 0.25) is 0 Å². The number of rotatable bonds is 4. The number of carbonyl (C=O) groups excluding carboxylic acids is 2. The van der Waals surface area contributed by atoms with Crippen molar-refractivity contribution < 1.29 is 9.59 Å². The van der Waals surface area contributed by atoms with Crippen LogP contribution in [0.1, 0.15) is 44.2 Å². The second-order valence-electron chi connectivity index (χ2n) is 6.80. The highest BCUT2D eigenvalue weighted by Gasteiger charge is 2.22. The zero-order chi connectivity index (χ0) is 17.0. The summed E-state index contributed by atoms with van der Waals surface area (Å²) in [6.07, 6.45) is 2.67. The molecular formula is C19H28N2O2. The van der Waals surface area contributed by atoms with E-state index in [1.165, 1.54) is 12.0 Å². The molecule has 2 amide bonds. The summed E-state index contributed by atoms with van der Waals surface area (Å²) in [7, 11) is 0. The number of benzene rings is 1. The van der Waals surface area contributed by atoms with Crippen molar-refractivity contribution in [2.75, 3.05) is 24.5 Å². The normalized spacial score (nSPS) is 17.9. The molecule has 0 saturated carbocycles. The summed E-state index contributed by atoms with van der Waals surface area (Å²) in [6.45, 7) is 9.95. The van der Waals surface area contributed by atoms with E-state index in [1.807, 2.05) is 30.9 Å². The number of nitrogens with zero attached hydrogens (tertiary/aromatic N) is 2. The van der Waals surface area contributed by atoms with Gasteiger partial charge in [0.15, 0.2) is 0 Å². The first kappa shape index (κ1) is 17.5. The maximum absolute atomic E-state index is 12.4. The standard InChI is InChI=1S/C19H28N2O2/c1-14-7-8-18(16(3)12-14)21(17(4)22)11-9-19(23)20-10-5-6-15(2)13-20/h7-8,12,15H,5-6,9-11,13H2,1-4H3. The quantitative estimate of drug-likeness (QED) is 0.855. The third kappa shape index (κ3) is 4.57. The maximum Gasteiger partial charge on any atom is 0.224 e. The van der Waals surface area contributed by atoms with E-state index in [0.717, 1.165) is 30.8 Å². The fourth-order valence-electron chi connectivity index (χ4n) is 3.34. The molecule has 1 fully saturated rings. The molecular weight excluding hydrogens is 288 g/mol. The first-order valence-electron chi connectivity index (χ1n) is 8.51. The van der Waals surface area contributed by atoms with E-state index in [-0.39, 0.29) is 11.8 Å². The van der Waals surface area contributed by atoms with Crippen LogP contribution in [0.5, 0.6) is 0 Å². The van der Waals surface area contributed by atoms with Gasteiger partial charge in [0.05, 0.1) is 0 Å². The molecule has 23 heavy (non-hydrogen) atoms. The fourth-order valence-corrected chi connectivity index (χ4v) is 3.34. The van der Waals surface area contributed by atoms with Gasteiger partial charge in [-0.1, -0.05) is 24.6 Å². The van der Waals surface area contributed by atoms with Crippen LogP contribution in [0, 0.1) is 19.8 Å². The van der Waals surface area contributed by atoms with Crippen LogP contribution in [0.3, 0.4) is 0 Å². The minimum Gasteiger partial charge on any atom is -0.342 e. The van der Waals surface area contributed by atoms with Crippen molar-refractivity contribution in [3.8, 4) is 0 Å². The highest BCUT2D eigenvalue weighted by molar-refractivity contribution is 5.93. The Balaban J connectivity index is 2.02. The number of piperidine rings is 1. The summed E-state index contributed by atoms with van der Waals surface area (Å²) >= 11 is 0. The van der Waals surface area contributed by atoms with Crippen LogP contribution >= 0.6 is 0 Å². The van der Waals surface area contributed by atoms with Crippen LogP contribution in [0.25, 0.3) is 0 Å². The van der Waals surface area contributed by atoms with Gasteiger partial charge in [0.25, 0.3) is 0 Å². The molecule has 1 unspecified atom stereocenters. The summed E-state index contributed by atoms with van der Waals surface area (Å²) in [4.78, 5) is 28.1. The largest absolute Gasteiger partial charge is 0.342 e. The van der Waals surface area contributed by atoms with E-state index in [2.05, 4.69) is 13.0 Å². The molecule has 4 nitrogen and oxygen atoms in total. The number of amides is 2. The van der Waals surface area contributed by atoms with E-state index in [4.69, 9.17) is 0 Å². The van der Waals surface area contributed by atoms with E-state index in [1.54, 1.807) is 11.8 Å². The van der Waals surface area contributed by atoms with Gasteiger partial charge in [0, 0.05) is 38.7 Å². The summed E-state index contributed by atoms with van der Waals surface area (Å²) in [5, 5.41) is 0. The number of likely N-dealkylation sites (tertiary alicyclic amines) is 1. The molecule has 0 radical (unpaired) electrons. The average Bonchev–Trinajstić information content (AvgIpc) is 2.48. The van der Waals surface area contributed by atoms with Gasteiger partial charge in [-0.15, -0.1) is 0 Å². The van der Waals surface area contributed by atoms with Crippen LogP contribution in [0.15, 0.2) is 18.2 Å². The molecule has 0 N–H and O–H groups in total. The summed E-state index contributed by atoms with van der Waals surface area (Å²) < 4.78 is 0. The topological polar surface area (TPSA) is 40.6 Å². The molecule has 4 heteroatoms.